The number of hydrogen-bond donors (Lipinski definition) is 0. The molecule has 4 aromatic rings. The fourth-order valence-corrected chi connectivity index (χ4v) is 3.21. The highest BCUT2D eigenvalue weighted by Gasteiger charge is 2.20. The quantitative estimate of drug-likeness (QED) is 0.452. The van der Waals surface area contributed by atoms with Gasteiger partial charge in [0, 0.05) is 10.6 Å². The molecule has 0 aliphatic carbocycles. The number of ketones is 1. The van der Waals surface area contributed by atoms with Crippen molar-refractivity contribution in [2.75, 3.05) is 0 Å². The van der Waals surface area contributed by atoms with Crippen LogP contribution in [0.2, 0.25) is 5.02 Å². The average molecular weight is 383 g/mol. The Morgan fingerprint density at radius 1 is 0.963 bits per heavy atom. The summed E-state index contributed by atoms with van der Waals surface area (Å²) in [7, 11) is 0. The average Bonchev–Trinajstić information content (AvgIpc) is 3.02. The molecule has 0 N–H and O–H groups in total. The predicted molar refractivity (Wildman–Crippen MR) is 100 cm³/mol. The van der Waals surface area contributed by atoms with Gasteiger partial charge in [-0.25, -0.2) is 13.8 Å². The first-order chi connectivity index (χ1) is 13.0. The number of benzene rings is 3. The lowest BCUT2D eigenvalue weighted by molar-refractivity contribution is 0.102. The molecule has 0 aliphatic heterocycles. The largest absolute Gasteiger partial charge is 0.317 e. The molecule has 1 heterocycles. The second-order valence-electron chi connectivity index (χ2n) is 6.09. The summed E-state index contributed by atoms with van der Waals surface area (Å²) in [4.78, 5) is 17.4. The van der Waals surface area contributed by atoms with Crippen LogP contribution < -0.4 is 0 Å². The zero-order valence-electron chi connectivity index (χ0n) is 14.0. The van der Waals surface area contributed by atoms with Crippen LogP contribution in [0.15, 0.2) is 66.7 Å². The number of halogens is 3. The summed E-state index contributed by atoms with van der Waals surface area (Å²) in [5.74, 6) is -1.16. The Labute approximate surface area is 158 Å². The minimum atomic E-state index is -0.495. The first kappa shape index (κ1) is 17.4. The summed E-state index contributed by atoms with van der Waals surface area (Å²) in [5, 5.41) is 0.261. The smallest absolute Gasteiger partial charge is 0.228 e. The molecule has 0 spiro atoms. The van der Waals surface area contributed by atoms with Crippen LogP contribution in [0.25, 0.3) is 11.0 Å². The molecule has 0 radical (unpaired) electrons. The number of carbonyl (C=O) groups is 1. The van der Waals surface area contributed by atoms with E-state index in [0.717, 1.165) is 5.52 Å². The molecule has 0 fully saturated rings. The fraction of sp³-hybridized carbons (Fsp3) is 0.0476. The van der Waals surface area contributed by atoms with E-state index in [1.165, 1.54) is 30.3 Å². The molecular formula is C21H13ClF2N2O. The van der Waals surface area contributed by atoms with Gasteiger partial charge in [-0.3, -0.25) is 4.79 Å². The summed E-state index contributed by atoms with van der Waals surface area (Å²) in [6.07, 6.45) is 0. The van der Waals surface area contributed by atoms with Crippen molar-refractivity contribution in [1.29, 1.82) is 0 Å². The van der Waals surface area contributed by atoms with Crippen LogP contribution in [-0.2, 0) is 6.54 Å². The van der Waals surface area contributed by atoms with E-state index in [-0.39, 0.29) is 23.0 Å². The molecular weight excluding hydrogens is 370 g/mol. The van der Waals surface area contributed by atoms with Crippen molar-refractivity contribution in [3.05, 3.63) is 100 Å². The van der Waals surface area contributed by atoms with Crippen LogP contribution in [0.1, 0.15) is 21.7 Å². The molecule has 0 bridgehead atoms. The van der Waals surface area contributed by atoms with Crippen molar-refractivity contribution < 1.29 is 13.6 Å². The van der Waals surface area contributed by atoms with E-state index < -0.39 is 17.4 Å². The molecule has 0 atom stereocenters. The molecule has 3 nitrogen and oxygen atoms in total. The Morgan fingerprint density at radius 3 is 2.52 bits per heavy atom. The molecule has 3 aromatic carbocycles. The molecule has 134 valence electrons. The van der Waals surface area contributed by atoms with E-state index in [9.17, 15) is 13.6 Å². The number of aromatic nitrogens is 2. The van der Waals surface area contributed by atoms with E-state index in [1.807, 2.05) is 18.2 Å². The van der Waals surface area contributed by atoms with Gasteiger partial charge < -0.3 is 4.57 Å². The Hall–Kier alpha value is -3.05. The zero-order valence-corrected chi connectivity index (χ0v) is 14.8. The molecule has 0 aliphatic rings. The van der Waals surface area contributed by atoms with Gasteiger partial charge in [-0.05, 0) is 42.0 Å². The minimum Gasteiger partial charge on any atom is -0.317 e. The number of imidazole rings is 1. The summed E-state index contributed by atoms with van der Waals surface area (Å²) >= 11 is 6.16. The van der Waals surface area contributed by atoms with Gasteiger partial charge in [0.05, 0.1) is 17.6 Å². The molecule has 0 saturated carbocycles. The molecule has 0 saturated heterocycles. The summed E-state index contributed by atoms with van der Waals surface area (Å²) in [6.45, 7) is 0.232. The Bertz CT molecular complexity index is 1170. The Kier molecular flexibility index (Phi) is 4.46. The van der Waals surface area contributed by atoms with E-state index in [4.69, 9.17) is 11.6 Å². The Morgan fingerprint density at radius 2 is 1.74 bits per heavy atom. The normalized spacial score (nSPS) is 11.1. The van der Waals surface area contributed by atoms with Crippen LogP contribution in [-0.4, -0.2) is 15.3 Å². The monoisotopic (exact) mass is 382 g/mol. The van der Waals surface area contributed by atoms with Crippen molar-refractivity contribution in [3.8, 4) is 0 Å². The number of carbonyl (C=O) groups excluding carboxylic acids is 1. The number of nitrogens with zero attached hydrogens (tertiary/aromatic N) is 2. The maximum atomic E-state index is 13.6. The van der Waals surface area contributed by atoms with Gasteiger partial charge in [-0.2, -0.15) is 0 Å². The summed E-state index contributed by atoms with van der Waals surface area (Å²) < 4.78 is 28.6. The van der Waals surface area contributed by atoms with Crippen LogP contribution in [0.4, 0.5) is 8.78 Å². The van der Waals surface area contributed by atoms with Crippen molar-refractivity contribution >= 4 is 28.4 Å². The minimum absolute atomic E-state index is 0.169. The van der Waals surface area contributed by atoms with Gasteiger partial charge >= 0.3 is 0 Å². The third kappa shape index (κ3) is 3.34. The third-order valence-corrected chi connectivity index (χ3v) is 4.64. The highest BCUT2D eigenvalue weighted by molar-refractivity contribution is 6.31. The maximum absolute atomic E-state index is 13.6. The number of para-hydroxylation sites is 2. The summed E-state index contributed by atoms with van der Waals surface area (Å²) in [6, 6.07) is 16.9. The van der Waals surface area contributed by atoms with Crippen molar-refractivity contribution in [1.82, 2.24) is 9.55 Å². The first-order valence-electron chi connectivity index (χ1n) is 8.22. The lowest BCUT2D eigenvalue weighted by Gasteiger charge is -2.10. The SMILES string of the molecule is O=C(c1cccc(F)c1)c1nc2ccccc2n1Cc1ccc(F)cc1Cl. The molecule has 1 aromatic heterocycles. The van der Waals surface area contributed by atoms with Gasteiger partial charge in [0.15, 0.2) is 5.82 Å². The number of hydrogen-bond acceptors (Lipinski definition) is 2. The van der Waals surface area contributed by atoms with E-state index >= 15 is 0 Å². The van der Waals surface area contributed by atoms with E-state index in [1.54, 1.807) is 22.8 Å². The highest BCUT2D eigenvalue weighted by Crippen LogP contribution is 2.24. The summed E-state index contributed by atoms with van der Waals surface area (Å²) in [5.41, 5.74) is 2.22. The molecule has 0 unspecified atom stereocenters. The molecule has 0 amide bonds. The van der Waals surface area contributed by atoms with Crippen LogP contribution in [0.3, 0.4) is 0 Å². The third-order valence-electron chi connectivity index (χ3n) is 4.29. The van der Waals surface area contributed by atoms with Crippen LogP contribution in [0.5, 0.6) is 0 Å². The fourth-order valence-electron chi connectivity index (χ4n) is 2.99. The van der Waals surface area contributed by atoms with Gasteiger partial charge in [0.2, 0.25) is 5.78 Å². The number of rotatable bonds is 4. The van der Waals surface area contributed by atoms with Crippen molar-refractivity contribution in [2.45, 2.75) is 6.54 Å². The highest BCUT2D eigenvalue weighted by atomic mass is 35.5. The topological polar surface area (TPSA) is 34.9 Å². The van der Waals surface area contributed by atoms with Crippen LogP contribution in [0, 0.1) is 11.6 Å². The van der Waals surface area contributed by atoms with Crippen molar-refractivity contribution in [3.63, 3.8) is 0 Å². The van der Waals surface area contributed by atoms with E-state index in [0.29, 0.717) is 11.1 Å². The standard InChI is InChI=1S/C21H13ClF2N2O/c22-17-11-16(24)9-8-14(17)12-26-19-7-2-1-6-18(19)25-21(26)20(27)13-4-3-5-15(23)10-13/h1-11H,12H2. The lowest BCUT2D eigenvalue weighted by atomic mass is 10.1. The lowest BCUT2D eigenvalue weighted by Crippen LogP contribution is -2.13. The predicted octanol–water partition coefficient (Wildman–Crippen LogP) is 5.25. The van der Waals surface area contributed by atoms with E-state index in [2.05, 4.69) is 4.98 Å². The first-order valence-corrected chi connectivity index (χ1v) is 8.60. The van der Waals surface area contributed by atoms with Crippen LogP contribution >= 0.6 is 11.6 Å². The van der Waals surface area contributed by atoms with Crippen molar-refractivity contribution in [2.24, 2.45) is 0 Å². The number of fused-ring (bicyclic) bond motifs is 1. The molecule has 4 rings (SSSR count). The Balaban J connectivity index is 1.85. The molecule has 6 heteroatoms. The molecule has 27 heavy (non-hydrogen) atoms. The maximum Gasteiger partial charge on any atom is 0.228 e. The zero-order chi connectivity index (χ0) is 19.0. The van der Waals surface area contributed by atoms with Gasteiger partial charge in [0.25, 0.3) is 0 Å². The second-order valence-corrected chi connectivity index (χ2v) is 6.49. The van der Waals surface area contributed by atoms with Gasteiger partial charge in [-0.1, -0.05) is 41.9 Å². The van der Waals surface area contributed by atoms with Gasteiger partial charge in [0.1, 0.15) is 11.6 Å². The second kappa shape index (κ2) is 6.93. The van der Waals surface area contributed by atoms with Gasteiger partial charge in [-0.15, -0.1) is 0 Å².